The number of nitrogens with zero attached hydrogens (tertiary/aromatic N) is 1. The molecule has 0 aromatic carbocycles. The molecular formula is C13H21F2NO. The molecule has 1 aliphatic heterocycles. The highest BCUT2D eigenvalue weighted by Crippen LogP contribution is 2.37. The Kier molecular flexibility index (Phi) is 3.69. The van der Waals surface area contributed by atoms with E-state index in [2.05, 4.69) is 6.92 Å². The second-order valence-electron chi connectivity index (χ2n) is 5.66. The van der Waals surface area contributed by atoms with E-state index in [0.717, 1.165) is 25.9 Å². The Morgan fingerprint density at radius 2 is 1.88 bits per heavy atom. The van der Waals surface area contributed by atoms with E-state index in [4.69, 9.17) is 0 Å². The van der Waals surface area contributed by atoms with Gasteiger partial charge in [0.15, 0.2) is 0 Å². The van der Waals surface area contributed by atoms with Gasteiger partial charge in [-0.25, -0.2) is 8.78 Å². The normalized spacial score (nSPS) is 30.3. The molecule has 4 heteroatoms. The van der Waals surface area contributed by atoms with Gasteiger partial charge in [0.25, 0.3) is 0 Å². The molecule has 1 atom stereocenters. The SMILES string of the molecule is CC1CCN(C(=O)C2CCCC(F)(F)C2)CC1. The summed E-state index contributed by atoms with van der Waals surface area (Å²) in [5, 5.41) is 0. The Bertz CT molecular complexity index is 285. The minimum absolute atomic E-state index is 0.0312. The molecule has 2 aliphatic rings. The third-order valence-electron chi connectivity index (χ3n) is 4.08. The van der Waals surface area contributed by atoms with Crippen molar-refractivity contribution in [1.29, 1.82) is 0 Å². The van der Waals surface area contributed by atoms with Gasteiger partial charge in [0.2, 0.25) is 11.8 Å². The average molecular weight is 245 g/mol. The number of carbonyl (C=O) groups excluding carboxylic acids is 1. The summed E-state index contributed by atoms with van der Waals surface area (Å²) in [5.41, 5.74) is 0. The molecule has 0 radical (unpaired) electrons. The van der Waals surface area contributed by atoms with E-state index in [1.165, 1.54) is 0 Å². The van der Waals surface area contributed by atoms with E-state index in [1.807, 2.05) is 0 Å². The van der Waals surface area contributed by atoms with Crippen molar-refractivity contribution in [1.82, 2.24) is 4.90 Å². The predicted molar refractivity (Wildman–Crippen MR) is 61.9 cm³/mol. The van der Waals surface area contributed by atoms with Crippen LogP contribution in [0.15, 0.2) is 0 Å². The Labute approximate surface area is 101 Å². The number of hydrogen-bond acceptors (Lipinski definition) is 1. The molecule has 0 spiro atoms. The van der Waals surface area contributed by atoms with Gasteiger partial charge in [-0.05, 0) is 31.6 Å². The maximum Gasteiger partial charge on any atom is 0.248 e. The van der Waals surface area contributed by atoms with E-state index >= 15 is 0 Å². The van der Waals surface area contributed by atoms with Crippen LogP contribution in [0.25, 0.3) is 0 Å². The van der Waals surface area contributed by atoms with Crippen LogP contribution in [-0.4, -0.2) is 29.8 Å². The first-order valence-electron chi connectivity index (χ1n) is 6.64. The van der Waals surface area contributed by atoms with Crippen LogP contribution in [0.1, 0.15) is 45.4 Å². The predicted octanol–water partition coefficient (Wildman–Crippen LogP) is 3.07. The van der Waals surface area contributed by atoms with Gasteiger partial charge in [-0.3, -0.25) is 4.79 Å². The summed E-state index contributed by atoms with van der Waals surface area (Å²) in [4.78, 5) is 13.9. The summed E-state index contributed by atoms with van der Waals surface area (Å²) in [6.45, 7) is 3.68. The average Bonchev–Trinajstić information content (AvgIpc) is 2.28. The summed E-state index contributed by atoms with van der Waals surface area (Å²) in [6, 6.07) is 0. The highest BCUT2D eigenvalue weighted by Gasteiger charge is 2.40. The van der Waals surface area contributed by atoms with Crippen LogP contribution < -0.4 is 0 Å². The summed E-state index contributed by atoms with van der Waals surface area (Å²) >= 11 is 0. The molecule has 2 fully saturated rings. The molecule has 1 heterocycles. The first-order chi connectivity index (χ1) is 7.98. The quantitative estimate of drug-likeness (QED) is 0.695. The third-order valence-corrected chi connectivity index (χ3v) is 4.08. The van der Waals surface area contributed by atoms with E-state index in [-0.39, 0.29) is 18.7 Å². The molecule has 17 heavy (non-hydrogen) atoms. The lowest BCUT2D eigenvalue weighted by atomic mass is 9.85. The van der Waals surface area contributed by atoms with Crippen molar-refractivity contribution < 1.29 is 13.6 Å². The van der Waals surface area contributed by atoms with Crippen molar-refractivity contribution in [2.45, 2.75) is 51.4 Å². The largest absolute Gasteiger partial charge is 0.342 e. The number of halogens is 2. The summed E-state index contributed by atoms with van der Waals surface area (Å²) < 4.78 is 26.5. The molecule has 1 amide bonds. The van der Waals surface area contributed by atoms with E-state index in [1.54, 1.807) is 4.90 Å². The first-order valence-corrected chi connectivity index (χ1v) is 6.64. The summed E-state index contributed by atoms with van der Waals surface area (Å²) in [5.74, 6) is -2.43. The van der Waals surface area contributed by atoms with Crippen molar-refractivity contribution in [3.63, 3.8) is 0 Å². The molecule has 1 unspecified atom stereocenters. The molecule has 0 aromatic rings. The highest BCUT2D eigenvalue weighted by molar-refractivity contribution is 5.79. The molecule has 0 bridgehead atoms. The zero-order valence-electron chi connectivity index (χ0n) is 10.4. The molecular weight excluding hydrogens is 224 g/mol. The van der Waals surface area contributed by atoms with Crippen LogP contribution in [0.3, 0.4) is 0 Å². The number of rotatable bonds is 1. The first kappa shape index (κ1) is 12.8. The molecule has 1 aliphatic carbocycles. The van der Waals surface area contributed by atoms with E-state index < -0.39 is 11.8 Å². The van der Waals surface area contributed by atoms with E-state index in [9.17, 15) is 13.6 Å². The standard InChI is InChI=1S/C13H21F2NO/c1-10-4-7-16(8-5-10)12(17)11-3-2-6-13(14,15)9-11/h10-11H,2-9H2,1H3. The minimum Gasteiger partial charge on any atom is -0.342 e. The second kappa shape index (κ2) is 4.91. The molecule has 2 nitrogen and oxygen atoms in total. The fraction of sp³-hybridized carbons (Fsp3) is 0.923. The van der Waals surface area contributed by atoms with Crippen molar-refractivity contribution in [3.8, 4) is 0 Å². The molecule has 1 saturated carbocycles. The zero-order chi connectivity index (χ0) is 12.5. The smallest absolute Gasteiger partial charge is 0.248 e. The van der Waals surface area contributed by atoms with Gasteiger partial charge in [-0.1, -0.05) is 6.92 Å². The Hall–Kier alpha value is -0.670. The lowest BCUT2D eigenvalue weighted by Gasteiger charge is -2.35. The van der Waals surface area contributed by atoms with Crippen LogP contribution >= 0.6 is 0 Å². The van der Waals surface area contributed by atoms with Crippen LogP contribution in [0.4, 0.5) is 8.78 Å². The van der Waals surface area contributed by atoms with Crippen LogP contribution in [0.5, 0.6) is 0 Å². The van der Waals surface area contributed by atoms with Crippen LogP contribution in [-0.2, 0) is 4.79 Å². The number of carbonyl (C=O) groups is 1. The van der Waals surface area contributed by atoms with E-state index in [0.29, 0.717) is 18.8 Å². The van der Waals surface area contributed by atoms with Crippen molar-refractivity contribution in [2.75, 3.05) is 13.1 Å². The van der Waals surface area contributed by atoms with Gasteiger partial charge in [0.1, 0.15) is 0 Å². The summed E-state index contributed by atoms with van der Waals surface area (Å²) in [6.07, 6.45) is 2.85. The lowest BCUT2D eigenvalue weighted by Crippen LogP contribution is -2.44. The Balaban J connectivity index is 1.91. The Morgan fingerprint density at radius 3 is 2.47 bits per heavy atom. The van der Waals surface area contributed by atoms with Gasteiger partial charge >= 0.3 is 0 Å². The van der Waals surface area contributed by atoms with Gasteiger partial charge in [-0.15, -0.1) is 0 Å². The number of hydrogen-bond donors (Lipinski definition) is 0. The molecule has 0 aromatic heterocycles. The van der Waals surface area contributed by atoms with Crippen molar-refractivity contribution in [3.05, 3.63) is 0 Å². The monoisotopic (exact) mass is 245 g/mol. The molecule has 1 saturated heterocycles. The number of amides is 1. The molecule has 98 valence electrons. The van der Waals surface area contributed by atoms with Crippen LogP contribution in [0, 0.1) is 11.8 Å². The maximum absolute atomic E-state index is 13.3. The van der Waals surface area contributed by atoms with Gasteiger partial charge < -0.3 is 4.90 Å². The van der Waals surface area contributed by atoms with Gasteiger partial charge in [0, 0.05) is 31.8 Å². The number of likely N-dealkylation sites (tertiary alicyclic amines) is 1. The minimum atomic E-state index is -2.62. The highest BCUT2D eigenvalue weighted by atomic mass is 19.3. The van der Waals surface area contributed by atoms with Gasteiger partial charge in [-0.2, -0.15) is 0 Å². The zero-order valence-corrected chi connectivity index (χ0v) is 10.4. The lowest BCUT2D eigenvalue weighted by molar-refractivity contribution is -0.144. The molecule has 0 N–H and O–H groups in total. The van der Waals surface area contributed by atoms with Crippen molar-refractivity contribution >= 4 is 5.91 Å². The topological polar surface area (TPSA) is 20.3 Å². The molecule has 2 rings (SSSR count). The van der Waals surface area contributed by atoms with Gasteiger partial charge in [0.05, 0.1) is 0 Å². The number of piperidine rings is 1. The maximum atomic E-state index is 13.3. The summed E-state index contributed by atoms with van der Waals surface area (Å²) in [7, 11) is 0. The number of alkyl halides is 2. The second-order valence-corrected chi connectivity index (χ2v) is 5.66. The third kappa shape index (κ3) is 3.17. The fourth-order valence-corrected chi connectivity index (χ4v) is 2.87. The Morgan fingerprint density at radius 1 is 1.24 bits per heavy atom. The fourth-order valence-electron chi connectivity index (χ4n) is 2.87. The van der Waals surface area contributed by atoms with Crippen LogP contribution in [0.2, 0.25) is 0 Å². The van der Waals surface area contributed by atoms with Crippen molar-refractivity contribution in [2.24, 2.45) is 11.8 Å².